The number of rotatable bonds is 7. The Labute approximate surface area is 92.7 Å². The van der Waals surface area contributed by atoms with Gasteiger partial charge in [-0.15, -0.1) is 0 Å². The fraction of sp³-hybridized carbons (Fsp3) is 1.00. The molecule has 1 unspecified atom stereocenters. The van der Waals surface area contributed by atoms with Gasteiger partial charge in [-0.25, -0.2) is 0 Å². The van der Waals surface area contributed by atoms with E-state index >= 15 is 0 Å². The summed E-state index contributed by atoms with van der Waals surface area (Å²) < 4.78 is 0. The predicted octanol–water partition coefficient (Wildman–Crippen LogP) is 3.46. The Bertz CT molecular complexity index is 132. The van der Waals surface area contributed by atoms with E-state index in [-0.39, 0.29) is 6.10 Å². The van der Waals surface area contributed by atoms with Gasteiger partial charge in [0.1, 0.15) is 0 Å². The second-order valence-electron chi connectivity index (χ2n) is 4.30. The van der Waals surface area contributed by atoms with E-state index in [9.17, 15) is 5.11 Å². The second kappa shape index (κ2) is 7.58. The third kappa shape index (κ3) is 4.70. The van der Waals surface area contributed by atoms with E-state index in [1.54, 1.807) is 0 Å². The van der Waals surface area contributed by atoms with Crippen LogP contribution in [0.5, 0.6) is 0 Å². The molecular formula is C12H24OS. The molecule has 2 heteroatoms. The fourth-order valence-electron chi connectivity index (χ4n) is 2.28. The third-order valence-electron chi connectivity index (χ3n) is 3.19. The van der Waals surface area contributed by atoms with Gasteiger partial charge in [-0.05, 0) is 43.1 Å². The van der Waals surface area contributed by atoms with Gasteiger partial charge in [0, 0.05) is 0 Å². The van der Waals surface area contributed by atoms with Gasteiger partial charge in [0.2, 0.25) is 0 Å². The standard InChI is InChI=1S/C12H24OS/c1-2-14-10-6-5-9-12(13)11-7-3-4-8-11/h11-13H,2-10H2,1H3. The Morgan fingerprint density at radius 3 is 2.64 bits per heavy atom. The van der Waals surface area contributed by atoms with E-state index in [1.165, 1.54) is 50.0 Å². The number of thioether (sulfide) groups is 1. The summed E-state index contributed by atoms with van der Waals surface area (Å²) in [6.45, 7) is 2.21. The molecule has 1 atom stereocenters. The van der Waals surface area contributed by atoms with Crippen LogP contribution in [-0.4, -0.2) is 22.7 Å². The summed E-state index contributed by atoms with van der Waals surface area (Å²) in [5.41, 5.74) is 0. The van der Waals surface area contributed by atoms with Gasteiger partial charge in [0.05, 0.1) is 6.10 Å². The van der Waals surface area contributed by atoms with E-state index in [2.05, 4.69) is 6.92 Å². The molecule has 84 valence electrons. The van der Waals surface area contributed by atoms with Crippen molar-refractivity contribution in [2.24, 2.45) is 5.92 Å². The summed E-state index contributed by atoms with van der Waals surface area (Å²) in [5.74, 6) is 3.13. The minimum Gasteiger partial charge on any atom is -0.393 e. The zero-order valence-corrected chi connectivity index (χ0v) is 10.2. The van der Waals surface area contributed by atoms with Gasteiger partial charge in [0.15, 0.2) is 0 Å². The van der Waals surface area contributed by atoms with Gasteiger partial charge in [-0.2, -0.15) is 11.8 Å². The molecule has 1 nitrogen and oxygen atoms in total. The third-order valence-corrected chi connectivity index (χ3v) is 4.17. The van der Waals surface area contributed by atoms with Crippen molar-refractivity contribution in [3.8, 4) is 0 Å². The monoisotopic (exact) mass is 216 g/mol. The van der Waals surface area contributed by atoms with Crippen molar-refractivity contribution in [2.75, 3.05) is 11.5 Å². The van der Waals surface area contributed by atoms with Gasteiger partial charge in [0.25, 0.3) is 0 Å². The zero-order chi connectivity index (χ0) is 10.2. The molecule has 0 aromatic heterocycles. The molecule has 1 aliphatic rings. The molecule has 1 saturated carbocycles. The lowest BCUT2D eigenvalue weighted by Crippen LogP contribution is -2.17. The van der Waals surface area contributed by atoms with Crippen LogP contribution in [0.3, 0.4) is 0 Å². The first-order chi connectivity index (χ1) is 6.84. The maximum absolute atomic E-state index is 9.90. The largest absolute Gasteiger partial charge is 0.393 e. The SMILES string of the molecule is CCSCCCCC(O)C1CCCC1. The molecule has 0 bridgehead atoms. The molecule has 0 amide bonds. The van der Waals surface area contributed by atoms with Gasteiger partial charge in [-0.3, -0.25) is 0 Å². The minimum absolute atomic E-state index is 0.00382. The van der Waals surface area contributed by atoms with Gasteiger partial charge >= 0.3 is 0 Å². The van der Waals surface area contributed by atoms with Crippen molar-refractivity contribution in [3.63, 3.8) is 0 Å². The minimum atomic E-state index is 0.00382. The average Bonchev–Trinajstić information content (AvgIpc) is 2.70. The average molecular weight is 216 g/mol. The van der Waals surface area contributed by atoms with E-state index < -0.39 is 0 Å². The topological polar surface area (TPSA) is 20.2 Å². The highest BCUT2D eigenvalue weighted by Crippen LogP contribution is 2.29. The molecule has 1 N–H and O–H groups in total. The lowest BCUT2D eigenvalue weighted by atomic mass is 9.96. The number of hydrogen-bond donors (Lipinski definition) is 1. The number of unbranched alkanes of at least 4 members (excludes halogenated alkanes) is 1. The highest BCUT2D eigenvalue weighted by atomic mass is 32.2. The van der Waals surface area contributed by atoms with E-state index in [0.717, 1.165) is 6.42 Å². The lowest BCUT2D eigenvalue weighted by molar-refractivity contribution is 0.0996. The van der Waals surface area contributed by atoms with Crippen molar-refractivity contribution in [3.05, 3.63) is 0 Å². The smallest absolute Gasteiger partial charge is 0.0568 e. The summed E-state index contributed by atoms with van der Waals surface area (Å²) in [5, 5.41) is 9.90. The molecule has 0 aromatic rings. The second-order valence-corrected chi connectivity index (χ2v) is 5.70. The first-order valence-electron chi connectivity index (χ1n) is 6.10. The van der Waals surface area contributed by atoms with Crippen molar-refractivity contribution in [1.29, 1.82) is 0 Å². The Morgan fingerprint density at radius 1 is 1.29 bits per heavy atom. The van der Waals surface area contributed by atoms with Crippen molar-refractivity contribution >= 4 is 11.8 Å². The molecule has 1 aliphatic carbocycles. The number of aliphatic hydroxyl groups is 1. The van der Waals surface area contributed by atoms with E-state index in [4.69, 9.17) is 0 Å². The van der Waals surface area contributed by atoms with Crippen LogP contribution in [0.1, 0.15) is 51.9 Å². The highest BCUT2D eigenvalue weighted by molar-refractivity contribution is 7.99. The summed E-state index contributed by atoms with van der Waals surface area (Å²) in [6, 6.07) is 0. The Balaban J connectivity index is 1.94. The van der Waals surface area contributed by atoms with Gasteiger partial charge in [-0.1, -0.05) is 26.2 Å². The number of aliphatic hydroxyl groups excluding tert-OH is 1. The Hall–Kier alpha value is 0.310. The fourth-order valence-corrected chi connectivity index (χ4v) is 2.98. The van der Waals surface area contributed by atoms with E-state index in [1.807, 2.05) is 11.8 Å². The molecule has 14 heavy (non-hydrogen) atoms. The molecule has 1 fully saturated rings. The molecule has 0 saturated heterocycles. The lowest BCUT2D eigenvalue weighted by Gasteiger charge is -2.17. The molecule has 1 rings (SSSR count). The van der Waals surface area contributed by atoms with Crippen LogP contribution in [0.15, 0.2) is 0 Å². The molecule has 0 aromatic carbocycles. The van der Waals surface area contributed by atoms with Crippen molar-refractivity contribution in [1.82, 2.24) is 0 Å². The maximum atomic E-state index is 9.90. The summed E-state index contributed by atoms with van der Waals surface area (Å²) in [7, 11) is 0. The summed E-state index contributed by atoms with van der Waals surface area (Å²) >= 11 is 2.01. The zero-order valence-electron chi connectivity index (χ0n) is 9.37. The highest BCUT2D eigenvalue weighted by Gasteiger charge is 2.22. The molecule has 0 radical (unpaired) electrons. The van der Waals surface area contributed by atoms with Crippen LogP contribution in [0.4, 0.5) is 0 Å². The van der Waals surface area contributed by atoms with Crippen LogP contribution >= 0.6 is 11.8 Å². The summed E-state index contributed by atoms with van der Waals surface area (Å²) in [6.07, 6.45) is 8.75. The van der Waals surface area contributed by atoms with Crippen molar-refractivity contribution in [2.45, 2.75) is 58.0 Å². The molecular weight excluding hydrogens is 192 g/mol. The van der Waals surface area contributed by atoms with Crippen LogP contribution in [-0.2, 0) is 0 Å². The number of hydrogen-bond acceptors (Lipinski definition) is 2. The van der Waals surface area contributed by atoms with Crippen LogP contribution < -0.4 is 0 Å². The molecule has 0 heterocycles. The summed E-state index contributed by atoms with van der Waals surface area (Å²) in [4.78, 5) is 0. The molecule has 0 spiro atoms. The maximum Gasteiger partial charge on any atom is 0.0568 e. The van der Waals surface area contributed by atoms with Crippen LogP contribution in [0.25, 0.3) is 0 Å². The van der Waals surface area contributed by atoms with E-state index in [0.29, 0.717) is 5.92 Å². The first kappa shape index (κ1) is 12.4. The van der Waals surface area contributed by atoms with Gasteiger partial charge < -0.3 is 5.11 Å². The Morgan fingerprint density at radius 2 is 2.00 bits per heavy atom. The molecule has 0 aliphatic heterocycles. The van der Waals surface area contributed by atoms with Crippen molar-refractivity contribution < 1.29 is 5.11 Å². The Kier molecular flexibility index (Phi) is 6.70. The quantitative estimate of drug-likeness (QED) is 0.658. The normalized spacial score (nSPS) is 20.1. The van der Waals surface area contributed by atoms with Crippen LogP contribution in [0.2, 0.25) is 0 Å². The first-order valence-corrected chi connectivity index (χ1v) is 7.26. The van der Waals surface area contributed by atoms with Crippen LogP contribution in [0, 0.1) is 5.92 Å². The predicted molar refractivity (Wildman–Crippen MR) is 64.8 cm³/mol.